The van der Waals surface area contributed by atoms with Crippen molar-refractivity contribution in [2.75, 3.05) is 6.16 Å². The summed E-state index contributed by atoms with van der Waals surface area (Å²) in [5, 5.41) is 2.33. The van der Waals surface area contributed by atoms with Gasteiger partial charge in [-0.3, -0.25) is 0 Å². The van der Waals surface area contributed by atoms with Crippen LogP contribution in [0.3, 0.4) is 0 Å². The van der Waals surface area contributed by atoms with Gasteiger partial charge in [-0.25, -0.2) is 0 Å². The molecule has 2 aromatic rings. The van der Waals surface area contributed by atoms with Crippen molar-refractivity contribution >= 4 is 61.7 Å². The molecule has 0 radical (unpaired) electrons. The van der Waals surface area contributed by atoms with Gasteiger partial charge in [0.15, 0.2) is 0 Å². The second-order valence-electron chi connectivity index (χ2n) is 6.20. The van der Waals surface area contributed by atoms with E-state index < -0.39 is 25.5 Å². The van der Waals surface area contributed by atoms with Gasteiger partial charge in [-0.1, -0.05) is 0 Å². The molecule has 0 saturated carbocycles. The molecule has 0 aliphatic carbocycles. The molecule has 2 aromatic heterocycles. The molecule has 0 amide bonds. The zero-order valence-electron chi connectivity index (χ0n) is 12.0. The molecular formula is C14H19OPS2Sn. The van der Waals surface area contributed by atoms with Gasteiger partial charge in [-0.15, -0.1) is 0 Å². The quantitative estimate of drug-likeness (QED) is 0.534. The monoisotopic (exact) mass is 418 g/mol. The van der Waals surface area contributed by atoms with Crippen molar-refractivity contribution in [1.29, 1.82) is 0 Å². The first-order chi connectivity index (χ1) is 8.77. The molecule has 0 N–H and O–H groups in total. The van der Waals surface area contributed by atoms with Gasteiger partial charge in [0, 0.05) is 0 Å². The van der Waals surface area contributed by atoms with Crippen LogP contribution in [0.15, 0.2) is 12.1 Å². The first-order valence-corrected chi connectivity index (χ1v) is 20.1. The van der Waals surface area contributed by atoms with Crippen LogP contribution in [0.1, 0.15) is 11.8 Å². The van der Waals surface area contributed by atoms with Gasteiger partial charge in [-0.05, 0) is 0 Å². The summed E-state index contributed by atoms with van der Waals surface area (Å²) < 4.78 is 15.0. The number of thiophene rings is 2. The van der Waals surface area contributed by atoms with E-state index in [2.05, 4.69) is 40.8 Å². The van der Waals surface area contributed by atoms with E-state index in [-0.39, 0.29) is 0 Å². The van der Waals surface area contributed by atoms with Crippen molar-refractivity contribution in [3.63, 3.8) is 0 Å². The summed E-state index contributed by atoms with van der Waals surface area (Å²) in [7, 11) is -2.30. The van der Waals surface area contributed by atoms with Crippen LogP contribution in [0.4, 0.5) is 0 Å². The fraction of sp³-hybridized carbons (Fsp3) is 0.429. The molecule has 1 atom stereocenters. The zero-order chi connectivity index (χ0) is 14.0. The molecule has 1 nitrogen and oxygen atoms in total. The maximum absolute atomic E-state index is 13.4. The molecule has 0 aromatic carbocycles. The third-order valence-corrected chi connectivity index (χ3v) is 18.9. The number of rotatable bonds is 2. The Labute approximate surface area is 127 Å². The summed E-state index contributed by atoms with van der Waals surface area (Å²) in [6.45, 7) is 4.20. The number of fused-ring (bicyclic) bond motifs is 3. The second kappa shape index (κ2) is 4.46. The first kappa shape index (κ1) is 14.4. The van der Waals surface area contributed by atoms with Gasteiger partial charge in [0.05, 0.1) is 0 Å². The van der Waals surface area contributed by atoms with Crippen LogP contribution in [0.2, 0.25) is 14.8 Å². The van der Waals surface area contributed by atoms with E-state index in [1.807, 2.05) is 22.7 Å². The maximum atomic E-state index is 13.4. The van der Waals surface area contributed by atoms with Crippen LogP contribution in [0, 0.1) is 6.92 Å². The topological polar surface area (TPSA) is 17.1 Å². The normalized spacial score (nSPS) is 21.5. The minimum absolute atomic E-state index is 0.763. The molecule has 1 unspecified atom stereocenters. The average Bonchev–Trinajstić information content (AvgIpc) is 2.93. The van der Waals surface area contributed by atoms with Crippen LogP contribution in [-0.2, 0) is 4.57 Å². The number of hydrogen-bond donors (Lipinski definition) is 0. The molecular weight excluding hydrogens is 398 g/mol. The Morgan fingerprint density at radius 2 is 1.68 bits per heavy atom. The molecule has 0 spiro atoms. The van der Waals surface area contributed by atoms with Gasteiger partial charge in [0.1, 0.15) is 0 Å². The summed E-state index contributed by atoms with van der Waals surface area (Å²) in [4.78, 5) is 11.2. The molecule has 0 saturated heterocycles. The van der Waals surface area contributed by atoms with Crippen LogP contribution >= 0.6 is 29.8 Å². The van der Waals surface area contributed by atoms with Crippen LogP contribution in [-0.4, -0.2) is 24.5 Å². The van der Waals surface area contributed by atoms with Crippen molar-refractivity contribution in [3.8, 4) is 9.75 Å². The van der Waals surface area contributed by atoms with Gasteiger partial charge in [0.25, 0.3) is 0 Å². The summed E-state index contributed by atoms with van der Waals surface area (Å²) in [6, 6.07) is 4.47. The van der Waals surface area contributed by atoms with Crippen molar-refractivity contribution < 1.29 is 4.57 Å². The molecule has 1 aliphatic heterocycles. The van der Waals surface area contributed by atoms with Crippen LogP contribution < -0.4 is 13.5 Å². The van der Waals surface area contributed by atoms with E-state index in [1.54, 1.807) is 2.89 Å². The SMILES string of the molecule is CCP1(=O)c2cc(C)sc2-c2s[c]([Sn]([CH3])([CH3])[CH3])cc21. The fourth-order valence-corrected chi connectivity index (χ4v) is 14.3. The van der Waals surface area contributed by atoms with Crippen LogP contribution in [0.5, 0.6) is 0 Å². The van der Waals surface area contributed by atoms with E-state index in [9.17, 15) is 4.57 Å². The third kappa shape index (κ3) is 2.04. The predicted molar refractivity (Wildman–Crippen MR) is 92.8 cm³/mol. The number of aryl methyl sites for hydroxylation is 1. The van der Waals surface area contributed by atoms with E-state index in [4.69, 9.17) is 0 Å². The fourth-order valence-electron chi connectivity index (χ4n) is 2.58. The Kier molecular flexibility index (Phi) is 3.37. The molecule has 3 heterocycles. The first-order valence-electron chi connectivity index (χ1n) is 6.62. The summed E-state index contributed by atoms with van der Waals surface area (Å²) in [5.41, 5.74) is 0. The average molecular weight is 417 g/mol. The van der Waals surface area contributed by atoms with Gasteiger partial charge in [0.2, 0.25) is 0 Å². The summed E-state index contributed by atoms with van der Waals surface area (Å²) >= 11 is 1.70. The van der Waals surface area contributed by atoms with Crippen molar-refractivity contribution in [2.45, 2.75) is 28.7 Å². The van der Waals surface area contributed by atoms with E-state index in [0.717, 1.165) is 11.5 Å². The van der Waals surface area contributed by atoms with Crippen molar-refractivity contribution in [1.82, 2.24) is 0 Å². The predicted octanol–water partition coefficient (Wildman–Crippen LogP) is 3.98. The molecule has 1 aliphatic rings. The van der Waals surface area contributed by atoms with Gasteiger partial charge < -0.3 is 0 Å². The molecule has 19 heavy (non-hydrogen) atoms. The molecule has 0 bridgehead atoms. The molecule has 3 rings (SSSR count). The molecule has 5 heteroatoms. The Bertz CT molecular complexity index is 706. The third-order valence-electron chi connectivity index (χ3n) is 3.72. The molecule has 0 fully saturated rings. The van der Waals surface area contributed by atoms with Crippen molar-refractivity contribution in [2.24, 2.45) is 0 Å². The van der Waals surface area contributed by atoms with Crippen LogP contribution in [0.25, 0.3) is 9.75 Å². The zero-order valence-corrected chi connectivity index (χ0v) is 17.4. The summed E-state index contributed by atoms with van der Waals surface area (Å²) in [6.07, 6.45) is 0.763. The second-order valence-corrected chi connectivity index (χ2v) is 27.0. The van der Waals surface area contributed by atoms with Crippen molar-refractivity contribution in [3.05, 3.63) is 17.0 Å². The van der Waals surface area contributed by atoms with E-state index in [1.165, 1.54) is 19.9 Å². The van der Waals surface area contributed by atoms with Gasteiger partial charge >= 0.3 is 128 Å². The Hall–Kier alpha value is 0.429. The Morgan fingerprint density at radius 1 is 1.11 bits per heavy atom. The van der Waals surface area contributed by atoms with Gasteiger partial charge in [-0.2, -0.15) is 0 Å². The number of hydrogen-bond acceptors (Lipinski definition) is 3. The Balaban J connectivity index is 2.30. The van der Waals surface area contributed by atoms with E-state index >= 15 is 0 Å². The standard InChI is InChI=1S/C11H10OPS2.3CH3.Sn/c1-3-13(12)8-4-5-14-10(8)11-9(13)6-7(2)15-11;;;;/h4,6H,3H2,1-2H3;3*1H3;. The summed E-state index contributed by atoms with van der Waals surface area (Å²) in [5.74, 6) is 0. The minimum atomic E-state index is -2.30. The van der Waals surface area contributed by atoms with E-state index in [0.29, 0.717) is 0 Å². The molecule has 102 valence electrons. The Morgan fingerprint density at radius 3 is 2.26 bits per heavy atom.